The van der Waals surface area contributed by atoms with Crippen molar-refractivity contribution < 1.29 is 9.59 Å². The Morgan fingerprint density at radius 1 is 0.724 bits per heavy atom. The first kappa shape index (κ1) is 20.2. The number of hydrogen-bond acceptors (Lipinski definition) is 4. The third kappa shape index (κ3) is 4.90. The van der Waals surface area contributed by atoms with E-state index < -0.39 is 0 Å². The molecule has 1 aromatic rings. The minimum atomic E-state index is 0.101. The summed E-state index contributed by atoms with van der Waals surface area (Å²) in [5.41, 5.74) is 0. The van der Waals surface area contributed by atoms with Crippen LogP contribution >= 0.6 is 0 Å². The number of aromatic nitrogens is 1. The van der Waals surface area contributed by atoms with Gasteiger partial charge in [0, 0.05) is 57.3 Å². The Morgan fingerprint density at radius 2 is 1.28 bits per heavy atom. The second-order valence-electron chi connectivity index (χ2n) is 8.79. The molecule has 3 fully saturated rings. The largest absolute Gasteiger partial charge is 0.353 e. The van der Waals surface area contributed by atoms with Crippen LogP contribution in [0, 0.1) is 11.8 Å². The summed E-state index contributed by atoms with van der Waals surface area (Å²) in [6, 6.07) is 5.96. The Balaban J connectivity index is 1.23. The molecule has 2 saturated heterocycles. The standard InChI is InChI=1S/C23H34N4O2/c28-22(26-13-5-1-2-6-14-26)19-8-10-20(11-9-19)23(29)27-17-15-25(16-18-27)21-7-3-4-12-24-21/h3-4,7,12,19-20H,1-2,5-6,8-11,13-18H2. The van der Waals surface area contributed by atoms with Gasteiger partial charge in [0.15, 0.2) is 0 Å². The summed E-state index contributed by atoms with van der Waals surface area (Å²) in [5, 5.41) is 0. The van der Waals surface area contributed by atoms with Crippen LogP contribution in [0.25, 0.3) is 0 Å². The highest BCUT2D eigenvalue weighted by Crippen LogP contribution is 2.32. The highest BCUT2D eigenvalue weighted by Gasteiger charge is 2.34. The van der Waals surface area contributed by atoms with Gasteiger partial charge in [0.2, 0.25) is 11.8 Å². The van der Waals surface area contributed by atoms with E-state index in [-0.39, 0.29) is 11.8 Å². The van der Waals surface area contributed by atoms with Gasteiger partial charge in [-0.25, -0.2) is 4.98 Å². The Kier molecular flexibility index (Phi) is 6.67. The SMILES string of the molecule is O=C(C1CCC(C(=O)N2CCN(c3ccccn3)CC2)CC1)N1CCCCCC1. The highest BCUT2D eigenvalue weighted by atomic mass is 16.2. The summed E-state index contributed by atoms with van der Waals surface area (Å²) in [5.74, 6) is 1.88. The van der Waals surface area contributed by atoms with E-state index in [1.165, 1.54) is 12.8 Å². The molecule has 3 aliphatic rings. The first-order valence-electron chi connectivity index (χ1n) is 11.5. The molecule has 0 aromatic carbocycles. The minimum absolute atomic E-state index is 0.101. The molecule has 0 radical (unpaired) electrons. The minimum Gasteiger partial charge on any atom is -0.353 e. The molecule has 0 spiro atoms. The smallest absolute Gasteiger partial charge is 0.225 e. The average Bonchev–Trinajstić information content (AvgIpc) is 3.09. The lowest BCUT2D eigenvalue weighted by Gasteiger charge is -2.38. The van der Waals surface area contributed by atoms with Crippen molar-refractivity contribution in [1.82, 2.24) is 14.8 Å². The lowest BCUT2D eigenvalue weighted by Crippen LogP contribution is -2.51. The summed E-state index contributed by atoms with van der Waals surface area (Å²) in [6.07, 6.45) is 10.1. The summed E-state index contributed by atoms with van der Waals surface area (Å²) in [4.78, 5) is 36.7. The Bertz CT molecular complexity index is 671. The van der Waals surface area contributed by atoms with E-state index >= 15 is 0 Å². The van der Waals surface area contributed by atoms with Gasteiger partial charge in [-0.15, -0.1) is 0 Å². The average molecular weight is 399 g/mol. The first-order valence-corrected chi connectivity index (χ1v) is 11.5. The number of carbonyl (C=O) groups is 2. The third-order valence-electron chi connectivity index (χ3n) is 6.91. The number of hydrogen-bond donors (Lipinski definition) is 0. The van der Waals surface area contributed by atoms with Crippen molar-refractivity contribution in [3.63, 3.8) is 0 Å². The van der Waals surface area contributed by atoms with Gasteiger partial charge in [0.1, 0.15) is 5.82 Å². The van der Waals surface area contributed by atoms with Gasteiger partial charge in [0.25, 0.3) is 0 Å². The molecule has 158 valence electrons. The predicted molar refractivity (Wildman–Crippen MR) is 114 cm³/mol. The molecule has 0 unspecified atom stereocenters. The number of rotatable bonds is 3. The van der Waals surface area contributed by atoms with E-state index in [2.05, 4.69) is 14.8 Å². The van der Waals surface area contributed by atoms with E-state index in [0.29, 0.717) is 11.8 Å². The molecule has 2 amide bonds. The highest BCUT2D eigenvalue weighted by molar-refractivity contribution is 5.81. The van der Waals surface area contributed by atoms with Crippen molar-refractivity contribution in [2.75, 3.05) is 44.2 Å². The fourth-order valence-electron chi connectivity index (χ4n) is 5.09. The van der Waals surface area contributed by atoms with Crippen LogP contribution in [0.3, 0.4) is 0 Å². The lowest BCUT2D eigenvalue weighted by molar-refractivity contribution is -0.141. The molecule has 6 nitrogen and oxygen atoms in total. The molecule has 1 aromatic heterocycles. The van der Waals surface area contributed by atoms with Crippen LogP contribution in [0.1, 0.15) is 51.4 Å². The van der Waals surface area contributed by atoms with E-state index in [4.69, 9.17) is 0 Å². The number of piperazine rings is 1. The van der Waals surface area contributed by atoms with Crippen molar-refractivity contribution in [3.05, 3.63) is 24.4 Å². The quantitative estimate of drug-likeness (QED) is 0.786. The Labute approximate surface area is 174 Å². The van der Waals surface area contributed by atoms with Crippen molar-refractivity contribution in [2.45, 2.75) is 51.4 Å². The maximum atomic E-state index is 13.0. The molecule has 1 saturated carbocycles. The monoisotopic (exact) mass is 398 g/mol. The van der Waals surface area contributed by atoms with Crippen LogP contribution in [-0.4, -0.2) is 65.9 Å². The van der Waals surface area contributed by atoms with Crippen LogP contribution in [0.2, 0.25) is 0 Å². The van der Waals surface area contributed by atoms with Crippen molar-refractivity contribution >= 4 is 17.6 Å². The van der Waals surface area contributed by atoms with E-state index in [1.54, 1.807) is 0 Å². The molecule has 0 atom stereocenters. The summed E-state index contributed by atoms with van der Waals surface area (Å²) >= 11 is 0. The number of likely N-dealkylation sites (tertiary alicyclic amines) is 1. The molecule has 1 aliphatic carbocycles. The zero-order valence-electron chi connectivity index (χ0n) is 17.5. The van der Waals surface area contributed by atoms with Gasteiger partial charge in [-0.3, -0.25) is 9.59 Å². The molecular weight excluding hydrogens is 364 g/mol. The van der Waals surface area contributed by atoms with E-state index in [9.17, 15) is 9.59 Å². The zero-order valence-corrected chi connectivity index (χ0v) is 17.5. The Morgan fingerprint density at radius 3 is 1.79 bits per heavy atom. The maximum absolute atomic E-state index is 13.0. The molecule has 2 aliphatic heterocycles. The molecular formula is C23H34N4O2. The van der Waals surface area contributed by atoms with Crippen LogP contribution in [0.4, 0.5) is 5.82 Å². The van der Waals surface area contributed by atoms with Crippen molar-refractivity contribution in [2.24, 2.45) is 11.8 Å². The first-order chi connectivity index (χ1) is 14.2. The van der Waals surface area contributed by atoms with E-state index in [0.717, 1.165) is 83.6 Å². The van der Waals surface area contributed by atoms with Gasteiger partial charge in [-0.1, -0.05) is 18.9 Å². The van der Waals surface area contributed by atoms with Gasteiger partial charge in [-0.05, 0) is 50.7 Å². The molecule has 0 N–H and O–H groups in total. The van der Waals surface area contributed by atoms with Gasteiger partial charge < -0.3 is 14.7 Å². The fraction of sp³-hybridized carbons (Fsp3) is 0.696. The maximum Gasteiger partial charge on any atom is 0.225 e. The zero-order chi connectivity index (χ0) is 20.1. The number of pyridine rings is 1. The second kappa shape index (κ2) is 9.59. The van der Waals surface area contributed by atoms with Crippen molar-refractivity contribution in [3.8, 4) is 0 Å². The molecule has 29 heavy (non-hydrogen) atoms. The lowest BCUT2D eigenvalue weighted by atomic mass is 9.80. The van der Waals surface area contributed by atoms with Crippen LogP contribution in [0.5, 0.6) is 0 Å². The molecule has 6 heteroatoms. The van der Waals surface area contributed by atoms with Crippen LogP contribution < -0.4 is 4.90 Å². The van der Waals surface area contributed by atoms with Crippen LogP contribution in [-0.2, 0) is 9.59 Å². The van der Waals surface area contributed by atoms with Gasteiger partial charge in [-0.2, -0.15) is 0 Å². The fourth-order valence-corrected chi connectivity index (χ4v) is 5.09. The molecule has 3 heterocycles. The summed E-state index contributed by atoms with van der Waals surface area (Å²) in [6.45, 7) is 5.07. The second-order valence-corrected chi connectivity index (χ2v) is 8.79. The summed E-state index contributed by atoms with van der Waals surface area (Å²) < 4.78 is 0. The third-order valence-corrected chi connectivity index (χ3v) is 6.91. The normalized spacial score (nSPS) is 26.1. The summed E-state index contributed by atoms with van der Waals surface area (Å²) in [7, 11) is 0. The topological polar surface area (TPSA) is 56.8 Å². The van der Waals surface area contributed by atoms with Gasteiger partial charge >= 0.3 is 0 Å². The number of nitrogens with zero attached hydrogens (tertiary/aromatic N) is 4. The van der Waals surface area contributed by atoms with E-state index in [1.807, 2.05) is 29.3 Å². The molecule has 0 bridgehead atoms. The predicted octanol–water partition coefficient (Wildman–Crippen LogP) is 2.94. The number of anilines is 1. The number of amides is 2. The van der Waals surface area contributed by atoms with Crippen molar-refractivity contribution in [1.29, 1.82) is 0 Å². The number of carbonyl (C=O) groups excluding carboxylic acids is 2. The Hall–Kier alpha value is -2.11. The van der Waals surface area contributed by atoms with Gasteiger partial charge in [0.05, 0.1) is 0 Å². The molecule has 4 rings (SSSR count). The van der Waals surface area contributed by atoms with Crippen LogP contribution in [0.15, 0.2) is 24.4 Å².